The molecule has 0 spiro atoms. The zero-order valence-electron chi connectivity index (χ0n) is 10.6. The lowest BCUT2D eigenvalue weighted by molar-refractivity contribution is -0.389. The molecule has 2 heterocycles. The molecule has 0 radical (unpaired) electrons. The Morgan fingerprint density at radius 1 is 1.58 bits per heavy atom. The summed E-state index contributed by atoms with van der Waals surface area (Å²) in [5, 5.41) is 14.4. The molecule has 0 unspecified atom stereocenters. The van der Waals surface area contributed by atoms with Gasteiger partial charge in [0.15, 0.2) is 0 Å². The van der Waals surface area contributed by atoms with E-state index in [9.17, 15) is 14.9 Å². The highest BCUT2D eigenvalue weighted by atomic mass is 16.6. The van der Waals surface area contributed by atoms with Gasteiger partial charge >= 0.3 is 5.82 Å². The van der Waals surface area contributed by atoms with Crippen LogP contribution in [0.3, 0.4) is 0 Å². The first-order valence-corrected chi connectivity index (χ1v) is 6.19. The number of likely N-dealkylation sites (tertiary alicyclic amines) is 1. The topological polar surface area (TPSA) is 81.3 Å². The molecule has 1 aliphatic rings. The number of nitrogens with zero attached hydrogens (tertiary/aromatic N) is 4. The molecule has 0 aliphatic carbocycles. The Balaban J connectivity index is 1.86. The van der Waals surface area contributed by atoms with Gasteiger partial charge in [0.1, 0.15) is 0 Å². The highest BCUT2D eigenvalue weighted by Crippen LogP contribution is 2.19. The van der Waals surface area contributed by atoms with Crippen molar-refractivity contribution in [2.75, 3.05) is 13.1 Å². The summed E-state index contributed by atoms with van der Waals surface area (Å²) in [6.07, 6.45) is 4.72. The van der Waals surface area contributed by atoms with Gasteiger partial charge in [-0.25, -0.2) is 0 Å². The lowest BCUT2D eigenvalue weighted by atomic mass is 9.97. The van der Waals surface area contributed by atoms with Crippen LogP contribution >= 0.6 is 0 Å². The number of nitro groups is 1. The molecule has 19 heavy (non-hydrogen) atoms. The molecule has 0 saturated carbocycles. The second kappa shape index (κ2) is 5.64. The maximum Gasteiger partial charge on any atom is 0.389 e. The van der Waals surface area contributed by atoms with E-state index >= 15 is 0 Å². The van der Waals surface area contributed by atoms with E-state index in [-0.39, 0.29) is 11.7 Å². The lowest BCUT2D eigenvalue weighted by Gasteiger charge is -2.30. The number of carbonyl (C=O) groups is 1. The summed E-state index contributed by atoms with van der Waals surface area (Å²) in [7, 11) is 0. The van der Waals surface area contributed by atoms with Crippen molar-refractivity contribution in [2.24, 2.45) is 5.92 Å². The predicted octanol–water partition coefficient (Wildman–Crippen LogP) is 1.22. The molecule has 0 N–H and O–H groups in total. The van der Waals surface area contributed by atoms with Crippen molar-refractivity contribution in [2.45, 2.75) is 19.4 Å². The van der Waals surface area contributed by atoms with E-state index < -0.39 is 4.92 Å². The Morgan fingerprint density at radius 2 is 2.26 bits per heavy atom. The molecule has 0 aromatic carbocycles. The van der Waals surface area contributed by atoms with Gasteiger partial charge in [0.05, 0.1) is 23.9 Å². The Labute approximate surface area is 110 Å². The van der Waals surface area contributed by atoms with Crippen LogP contribution in [-0.4, -0.2) is 38.6 Å². The number of carbonyl (C=O) groups excluding carboxylic acids is 1. The Bertz CT molecular complexity index is 489. The van der Waals surface area contributed by atoms with Crippen molar-refractivity contribution in [3.8, 4) is 0 Å². The second-order valence-corrected chi connectivity index (χ2v) is 4.63. The first-order chi connectivity index (χ1) is 9.10. The highest BCUT2D eigenvalue weighted by Gasteiger charge is 2.23. The van der Waals surface area contributed by atoms with E-state index in [4.69, 9.17) is 0 Å². The van der Waals surface area contributed by atoms with Crippen LogP contribution in [0.15, 0.2) is 24.9 Å². The van der Waals surface area contributed by atoms with E-state index in [2.05, 4.69) is 11.7 Å². The molecule has 1 saturated heterocycles. The number of hydrogen-bond donors (Lipinski definition) is 0. The molecule has 0 atom stereocenters. The first kappa shape index (κ1) is 13.3. The van der Waals surface area contributed by atoms with E-state index in [1.54, 1.807) is 15.8 Å². The minimum absolute atomic E-state index is 0.0341. The quantitative estimate of drug-likeness (QED) is 0.465. The van der Waals surface area contributed by atoms with Gasteiger partial charge < -0.3 is 15.0 Å². The third-order valence-corrected chi connectivity index (χ3v) is 3.36. The van der Waals surface area contributed by atoms with Gasteiger partial charge in [0.2, 0.25) is 5.91 Å². The minimum atomic E-state index is -0.498. The predicted molar refractivity (Wildman–Crippen MR) is 68.4 cm³/mol. The molecule has 1 aliphatic heterocycles. The number of piperidine rings is 1. The molecule has 1 aromatic rings. The van der Waals surface area contributed by atoms with Crippen LogP contribution in [0.25, 0.3) is 0 Å². The molecule has 1 amide bonds. The summed E-state index contributed by atoms with van der Waals surface area (Å²) in [6, 6.07) is 1.40. The zero-order chi connectivity index (χ0) is 13.8. The van der Waals surface area contributed by atoms with Crippen LogP contribution in [0.1, 0.15) is 12.8 Å². The third-order valence-electron chi connectivity index (χ3n) is 3.36. The maximum absolute atomic E-state index is 11.4. The summed E-state index contributed by atoms with van der Waals surface area (Å²) in [5.74, 6) is 0.237. The van der Waals surface area contributed by atoms with Crippen LogP contribution in [0.4, 0.5) is 5.82 Å². The van der Waals surface area contributed by atoms with Crippen LogP contribution in [0, 0.1) is 16.0 Å². The van der Waals surface area contributed by atoms with E-state index in [1.807, 2.05) is 0 Å². The van der Waals surface area contributed by atoms with Gasteiger partial charge in [-0.1, -0.05) is 6.58 Å². The SMILES string of the molecule is C=CC(=O)N1CCC(Cn2ccc([N+](=O)[O-])n2)CC1. The number of rotatable bonds is 4. The fraction of sp³-hybridized carbons (Fsp3) is 0.500. The molecule has 7 heteroatoms. The lowest BCUT2D eigenvalue weighted by Crippen LogP contribution is -2.38. The van der Waals surface area contributed by atoms with Gasteiger partial charge in [-0.2, -0.15) is 4.68 Å². The molecular weight excluding hydrogens is 248 g/mol. The molecule has 102 valence electrons. The fourth-order valence-corrected chi connectivity index (χ4v) is 2.28. The van der Waals surface area contributed by atoms with Crippen LogP contribution in [0.5, 0.6) is 0 Å². The summed E-state index contributed by atoms with van der Waals surface area (Å²) in [5.41, 5.74) is 0. The number of hydrogen-bond acceptors (Lipinski definition) is 4. The summed E-state index contributed by atoms with van der Waals surface area (Å²) >= 11 is 0. The van der Waals surface area contributed by atoms with Gasteiger partial charge in [0, 0.05) is 13.1 Å². The van der Waals surface area contributed by atoms with Crippen molar-refractivity contribution in [1.29, 1.82) is 0 Å². The zero-order valence-corrected chi connectivity index (χ0v) is 10.6. The van der Waals surface area contributed by atoms with E-state index in [0.29, 0.717) is 25.6 Å². The Kier molecular flexibility index (Phi) is 3.94. The molecule has 0 bridgehead atoms. The Hall–Kier alpha value is -2.18. The van der Waals surface area contributed by atoms with Crippen molar-refractivity contribution < 1.29 is 9.72 Å². The summed E-state index contributed by atoms with van der Waals surface area (Å²) < 4.78 is 1.60. The van der Waals surface area contributed by atoms with Crippen LogP contribution < -0.4 is 0 Å². The van der Waals surface area contributed by atoms with Crippen LogP contribution in [0.2, 0.25) is 0 Å². The van der Waals surface area contributed by atoms with Crippen molar-refractivity contribution in [3.63, 3.8) is 0 Å². The number of amides is 1. The van der Waals surface area contributed by atoms with E-state index in [1.165, 1.54) is 12.1 Å². The summed E-state index contributed by atoms with van der Waals surface area (Å²) in [4.78, 5) is 23.2. The molecule has 1 aromatic heterocycles. The van der Waals surface area contributed by atoms with Crippen molar-refractivity contribution >= 4 is 11.7 Å². The van der Waals surface area contributed by atoms with Gasteiger partial charge in [-0.15, -0.1) is 0 Å². The molecule has 1 fully saturated rings. The Morgan fingerprint density at radius 3 is 2.79 bits per heavy atom. The van der Waals surface area contributed by atoms with Gasteiger partial charge in [0.25, 0.3) is 0 Å². The summed E-state index contributed by atoms with van der Waals surface area (Å²) in [6.45, 7) is 5.54. The monoisotopic (exact) mass is 264 g/mol. The fourth-order valence-electron chi connectivity index (χ4n) is 2.28. The van der Waals surface area contributed by atoms with Gasteiger partial charge in [-0.3, -0.25) is 4.79 Å². The third kappa shape index (κ3) is 3.18. The number of aromatic nitrogens is 2. The van der Waals surface area contributed by atoms with Crippen molar-refractivity contribution in [1.82, 2.24) is 14.7 Å². The minimum Gasteiger partial charge on any atom is -0.358 e. The smallest absolute Gasteiger partial charge is 0.358 e. The largest absolute Gasteiger partial charge is 0.389 e. The molecule has 2 rings (SSSR count). The average molecular weight is 264 g/mol. The molecular formula is C12H16N4O3. The second-order valence-electron chi connectivity index (χ2n) is 4.63. The van der Waals surface area contributed by atoms with Crippen molar-refractivity contribution in [3.05, 3.63) is 35.0 Å². The first-order valence-electron chi connectivity index (χ1n) is 6.19. The van der Waals surface area contributed by atoms with Crippen LogP contribution in [-0.2, 0) is 11.3 Å². The standard InChI is InChI=1S/C12H16N4O3/c1-2-12(17)14-6-3-10(4-7-14)9-15-8-5-11(13-15)16(18)19/h2,5,8,10H,1,3-4,6-7,9H2. The maximum atomic E-state index is 11.4. The van der Waals surface area contributed by atoms with Gasteiger partial charge in [-0.05, 0) is 29.8 Å². The highest BCUT2D eigenvalue weighted by molar-refractivity contribution is 5.87. The van der Waals surface area contributed by atoms with E-state index in [0.717, 1.165) is 12.8 Å². The average Bonchev–Trinajstić information content (AvgIpc) is 2.87. The molecule has 7 nitrogen and oxygen atoms in total. The normalized spacial score (nSPS) is 16.3.